The Morgan fingerprint density at radius 1 is 1.64 bits per heavy atom. The maximum atomic E-state index is 11.5. The fraction of sp³-hybridized carbons (Fsp3) is 0.500. The van der Waals surface area contributed by atoms with Gasteiger partial charge in [-0.15, -0.1) is 11.3 Å². The Kier molecular flexibility index (Phi) is 2.72. The lowest BCUT2D eigenvalue weighted by Crippen LogP contribution is -2.45. The van der Waals surface area contributed by atoms with E-state index >= 15 is 0 Å². The highest BCUT2D eigenvalue weighted by Gasteiger charge is 2.18. The lowest BCUT2D eigenvalue weighted by Gasteiger charge is -2.27. The molecule has 1 fully saturated rings. The van der Waals surface area contributed by atoms with Gasteiger partial charge in [-0.1, -0.05) is 0 Å². The molecule has 2 amide bonds. The molecule has 2 heterocycles. The number of hydrogen-bond acceptors (Lipinski definition) is 2. The number of carbonyl (C=O) groups is 1. The van der Waals surface area contributed by atoms with Crippen molar-refractivity contribution in [2.45, 2.75) is 19.9 Å². The molecule has 0 bridgehead atoms. The molecule has 0 atom stereocenters. The van der Waals surface area contributed by atoms with Crippen LogP contribution in [0.25, 0.3) is 0 Å². The molecule has 3 nitrogen and oxygen atoms in total. The van der Waals surface area contributed by atoms with Crippen LogP contribution < -0.4 is 5.32 Å². The third kappa shape index (κ3) is 1.90. The van der Waals surface area contributed by atoms with Crippen molar-refractivity contribution < 1.29 is 4.79 Å². The second-order valence-corrected chi connectivity index (χ2v) is 4.53. The van der Waals surface area contributed by atoms with Crippen LogP contribution in [-0.4, -0.2) is 24.0 Å². The van der Waals surface area contributed by atoms with Gasteiger partial charge in [-0.05, 0) is 30.4 Å². The predicted molar refractivity (Wildman–Crippen MR) is 57.5 cm³/mol. The molecule has 0 aliphatic carbocycles. The average molecular weight is 210 g/mol. The van der Waals surface area contributed by atoms with E-state index in [4.69, 9.17) is 0 Å². The summed E-state index contributed by atoms with van der Waals surface area (Å²) in [5, 5.41) is 4.93. The van der Waals surface area contributed by atoms with E-state index in [1.807, 2.05) is 4.90 Å². The van der Waals surface area contributed by atoms with Gasteiger partial charge in [-0.25, -0.2) is 4.79 Å². The van der Waals surface area contributed by atoms with Crippen molar-refractivity contribution in [3.05, 3.63) is 21.9 Å². The SMILES string of the molecule is Cc1ccsc1CN1CCCNC1=O. The van der Waals surface area contributed by atoms with Crippen LogP contribution in [0, 0.1) is 6.92 Å². The van der Waals surface area contributed by atoms with Gasteiger partial charge in [0.1, 0.15) is 0 Å². The third-order valence-corrected chi connectivity index (χ3v) is 3.48. The van der Waals surface area contributed by atoms with Crippen LogP contribution in [0.15, 0.2) is 11.4 Å². The molecule has 1 aliphatic heterocycles. The first-order valence-electron chi connectivity index (χ1n) is 4.83. The third-order valence-electron chi connectivity index (χ3n) is 2.47. The Bertz CT molecular complexity index is 335. The number of aryl methyl sites for hydroxylation is 1. The molecule has 76 valence electrons. The van der Waals surface area contributed by atoms with Gasteiger partial charge in [0.05, 0.1) is 6.54 Å². The van der Waals surface area contributed by atoms with Crippen molar-refractivity contribution in [1.29, 1.82) is 0 Å². The molecular weight excluding hydrogens is 196 g/mol. The van der Waals surface area contributed by atoms with Crippen LogP contribution in [0.1, 0.15) is 16.9 Å². The monoisotopic (exact) mass is 210 g/mol. The molecule has 1 aromatic rings. The van der Waals surface area contributed by atoms with Crippen molar-refractivity contribution in [3.63, 3.8) is 0 Å². The van der Waals surface area contributed by atoms with Crippen LogP contribution in [0.3, 0.4) is 0 Å². The van der Waals surface area contributed by atoms with Crippen molar-refractivity contribution in [1.82, 2.24) is 10.2 Å². The number of rotatable bonds is 2. The number of urea groups is 1. The minimum absolute atomic E-state index is 0.0732. The summed E-state index contributed by atoms with van der Waals surface area (Å²) in [6, 6.07) is 2.17. The summed E-state index contributed by atoms with van der Waals surface area (Å²) in [4.78, 5) is 14.6. The smallest absolute Gasteiger partial charge is 0.317 e. The van der Waals surface area contributed by atoms with Gasteiger partial charge in [0.25, 0.3) is 0 Å². The van der Waals surface area contributed by atoms with Gasteiger partial charge in [0.2, 0.25) is 0 Å². The standard InChI is InChI=1S/C10H14N2OS/c1-8-3-6-14-9(8)7-12-5-2-4-11-10(12)13/h3,6H,2,4-5,7H2,1H3,(H,11,13). The zero-order valence-corrected chi connectivity index (χ0v) is 9.06. The largest absolute Gasteiger partial charge is 0.338 e. The molecular formula is C10H14N2OS. The highest BCUT2D eigenvalue weighted by atomic mass is 32.1. The number of hydrogen-bond donors (Lipinski definition) is 1. The summed E-state index contributed by atoms with van der Waals surface area (Å²) in [5.74, 6) is 0. The van der Waals surface area contributed by atoms with E-state index in [2.05, 4.69) is 23.7 Å². The van der Waals surface area contributed by atoms with E-state index in [9.17, 15) is 4.79 Å². The summed E-state index contributed by atoms with van der Waals surface area (Å²) in [7, 11) is 0. The maximum Gasteiger partial charge on any atom is 0.317 e. The van der Waals surface area contributed by atoms with Gasteiger partial charge in [0, 0.05) is 18.0 Å². The summed E-state index contributed by atoms with van der Waals surface area (Å²) < 4.78 is 0. The van der Waals surface area contributed by atoms with E-state index in [0.717, 1.165) is 26.1 Å². The highest BCUT2D eigenvalue weighted by Crippen LogP contribution is 2.18. The van der Waals surface area contributed by atoms with E-state index in [1.54, 1.807) is 11.3 Å². The number of thiophene rings is 1. The molecule has 0 aromatic carbocycles. The minimum atomic E-state index is 0.0732. The Morgan fingerprint density at radius 2 is 2.50 bits per heavy atom. The van der Waals surface area contributed by atoms with E-state index in [0.29, 0.717) is 0 Å². The van der Waals surface area contributed by atoms with Crippen LogP contribution in [0.4, 0.5) is 4.79 Å². The molecule has 14 heavy (non-hydrogen) atoms. The van der Waals surface area contributed by atoms with E-state index < -0.39 is 0 Å². The first-order chi connectivity index (χ1) is 6.77. The highest BCUT2D eigenvalue weighted by molar-refractivity contribution is 7.10. The second kappa shape index (κ2) is 4.00. The van der Waals surface area contributed by atoms with Gasteiger partial charge in [-0.2, -0.15) is 0 Å². The lowest BCUT2D eigenvalue weighted by atomic mass is 10.2. The number of amides is 2. The first kappa shape index (κ1) is 9.52. The van der Waals surface area contributed by atoms with Gasteiger partial charge >= 0.3 is 6.03 Å². The van der Waals surface area contributed by atoms with Crippen LogP contribution in [-0.2, 0) is 6.54 Å². The number of nitrogens with one attached hydrogen (secondary N) is 1. The number of carbonyl (C=O) groups excluding carboxylic acids is 1. The van der Waals surface area contributed by atoms with Gasteiger partial charge in [-0.3, -0.25) is 0 Å². The van der Waals surface area contributed by atoms with Crippen LogP contribution in [0.2, 0.25) is 0 Å². The van der Waals surface area contributed by atoms with Crippen molar-refractivity contribution in [3.8, 4) is 0 Å². The summed E-state index contributed by atoms with van der Waals surface area (Å²) in [6.45, 7) is 4.55. The summed E-state index contributed by atoms with van der Waals surface area (Å²) in [5.41, 5.74) is 1.29. The Hall–Kier alpha value is -1.03. The van der Waals surface area contributed by atoms with Crippen molar-refractivity contribution >= 4 is 17.4 Å². The molecule has 0 unspecified atom stereocenters. The van der Waals surface area contributed by atoms with Gasteiger partial charge < -0.3 is 10.2 Å². The fourth-order valence-electron chi connectivity index (χ4n) is 1.57. The Morgan fingerprint density at radius 3 is 3.14 bits per heavy atom. The van der Waals surface area contributed by atoms with Crippen molar-refractivity contribution in [2.75, 3.05) is 13.1 Å². The second-order valence-electron chi connectivity index (χ2n) is 3.53. The summed E-state index contributed by atoms with van der Waals surface area (Å²) >= 11 is 1.72. The topological polar surface area (TPSA) is 32.3 Å². The average Bonchev–Trinajstić information content (AvgIpc) is 2.56. The Labute approximate surface area is 87.7 Å². The molecule has 1 saturated heterocycles. The predicted octanol–water partition coefficient (Wildman–Crippen LogP) is 1.97. The van der Waals surface area contributed by atoms with E-state index in [1.165, 1.54) is 10.4 Å². The zero-order valence-electron chi connectivity index (χ0n) is 8.25. The molecule has 2 rings (SSSR count). The van der Waals surface area contributed by atoms with E-state index in [-0.39, 0.29) is 6.03 Å². The molecule has 0 radical (unpaired) electrons. The molecule has 1 N–H and O–H groups in total. The molecule has 0 spiro atoms. The minimum Gasteiger partial charge on any atom is -0.338 e. The lowest BCUT2D eigenvalue weighted by molar-refractivity contribution is 0.184. The number of nitrogens with zero attached hydrogens (tertiary/aromatic N) is 1. The Balaban J connectivity index is 2.03. The fourth-order valence-corrected chi connectivity index (χ4v) is 2.49. The molecule has 1 aliphatic rings. The summed E-state index contributed by atoms with van der Waals surface area (Å²) in [6.07, 6.45) is 1.05. The van der Waals surface area contributed by atoms with Crippen LogP contribution in [0.5, 0.6) is 0 Å². The zero-order chi connectivity index (χ0) is 9.97. The quantitative estimate of drug-likeness (QED) is 0.795. The molecule has 1 aromatic heterocycles. The van der Waals surface area contributed by atoms with Crippen LogP contribution >= 0.6 is 11.3 Å². The first-order valence-corrected chi connectivity index (χ1v) is 5.71. The normalized spacial score (nSPS) is 16.9. The molecule has 0 saturated carbocycles. The van der Waals surface area contributed by atoms with Crippen molar-refractivity contribution in [2.24, 2.45) is 0 Å². The van der Waals surface area contributed by atoms with Gasteiger partial charge in [0.15, 0.2) is 0 Å². The molecule has 4 heteroatoms. The maximum absolute atomic E-state index is 11.5.